The number of ether oxygens (including phenoxy) is 2. The lowest BCUT2D eigenvalue weighted by molar-refractivity contribution is 0.0686. The fraction of sp³-hybridized carbons (Fsp3) is 0.143. The minimum absolute atomic E-state index is 0.0228. The van der Waals surface area contributed by atoms with Gasteiger partial charge in [0.2, 0.25) is 0 Å². The predicted molar refractivity (Wildman–Crippen MR) is 71.0 cm³/mol. The van der Waals surface area contributed by atoms with Gasteiger partial charge in [-0.3, -0.25) is 0 Å². The van der Waals surface area contributed by atoms with Gasteiger partial charge in [-0.15, -0.1) is 0 Å². The van der Waals surface area contributed by atoms with Crippen LogP contribution in [0, 0.1) is 0 Å². The van der Waals surface area contributed by atoms with Crippen LogP contribution in [0.1, 0.15) is 20.7 Å². The van der Waals surface area contributed by atoms with Gasteiger partial charge in [-0.25, -0.2) is 9.59 Å². The lowest BCUT2D eigenvalue weighted by atomic mass is 9.99. The van der Waals surface area contributed by atoms with Crippen LogP contribution >= 0.6 is 0 Å². The molecule has 0 atom stereocenters. The van der Waals surface area contributed by atoms with E-state index in [4.69, 9.17) is 9.47 Å². The van der Waals surface area contributed by atoms with Gasteiger partial charge in [0.1, 0.15) is 17.1 Å². The first-order valence-corrected chi connectivity index (χ1v) is 5.65. The molecule has 0 spiro atoms. The van der Waals surface area contributed by atoms with Crippen molar-refractivity contribution in [3.05, 3.63) is 35.4 Å². The zero-order valence-corrected chi connectivity index (χ0v) is 10.8. The van der Waals surface area contributed by atoms with Gasteiger partial charge in [-0.2, -0.15) is 0 Å². The minimum atomic E-state index is -1.18. The topological polar surface area (TPSA) is 93.1 Å². The zero-order chi connectivity index (χ0) is 14.9. The molecule has 0 bridgehead atoms. The molecule has 104 valence electrons. The molecule has 6 heteroatoms. The molecule has 0 aliphatic heterocycles. The van der Waals surface area contributed by atoms with Crippen molar-refractivity contribution in [1.82, 2.24) is 0 Å². The van der Waals surface area contributed by atoms with Gasteiger partial charge < -0.3 is 19.7 Å². The summed E-state index contributed by atoms with van der Waals surface area (Å²) in [6.07, 6.45) is 0. The summed E-state index contributed by atoms with van der Waals surface area (Å²) in [5.41, 5.74) is -0.0611. The quantitative estimate of drug-likeness (QED) is 0.889. The second kappa shape index (κ2) is 5.08. The first kappa shape index (κ1) is 13.7. The van der Waals surface area contributed by atoms with E-state index in [0.29, 0.717) is 10.8 Å². The molecule has 0 radical (unpaired) electrons. The number of rotatable bonds is 4. The Kier molecular flexibility index (Phi) is 3.47. The van der Waals surface area contributed by atoms with Crippen LogP contribution in [0.4, 0.5) is 0 Å². The highest BCUT2D eigenvalue weighted by molar-refractivity contribution is 6.11. The van der Waals surface area contributed by atoms with Crippen LogP contribution in [0.3, 0.4) is 0 Å². The first-order chi connectivity index (χ1) is 9.51. The van der Waals surface area contributed by atoms with Gasteiger partial charge in [0, 0.05) is 10.8 Å². The third kappa shape index (κ3) is 2.01. The van der Waals surface area contributed by atoms with E-state index in [-0.39, 0.29) is 22.6 Å². The lowest BCUT2D eigenvalue weighted by Gasteiger charge is -2.14. The van der Waals surface area contributed by atoms with Gasteiger partial charge in [-0.05, 0) is 12.1 Å². The number of carboxylic acids is 2. The number of benzene rings is 2. The summed E-state index contributed by atoms with van der Waals surface area (Å²) in [4.78, 5) is 22.5. The predicted octanol–water partition coefficient (Wildman–Crippen LogP) is 2.25. The van der Waals surface area contributed by atoms with Crippen molar-refractivity contribution in [2.24, 2.45) is 0 Å². The molecular weight excluding hydrogens is 264 g/mol. The van der Waals surface area contributed by atoms with Crippen LogP contribution in [-0.2, 0) is 0 Å². The Morgan fingerprint density at radius 3 is 2.15 bits per heavy atom. The van der Waals surface area contributed by atoms with Crippen molar-refractivity contribution in [3.8, 4) is 11.5 Å². The molecule has 2 aromatic carbocycles. The van der Waals surface area contributed by atoms with E-state index in [1.165, 1.54) is 32.4 Å². The Labute approximate surface area is 114 Å². The van der Waals surface area contributed by atoms with Crippen LogP contribution in [-0.4, -0.2) is 36.4 Å². The maximum Gasteiger partial charge on any atom is 0.339 e. The molecule has 0 fully saturated rings. The van der Waals surface area contributed by atoms with Crippen LogP contribution in [0.15, 0.2) is 24.3 Å². The summed E-state index contributed by atoms with van der Waals surface area (Å²) in [6.45, 7) is 0. The maximum atomic E-state index is 11.3. The van der Waals surface area contributed by atoms with Gasteiger partial charge in [0.15, 0.2) is 0 Å². The third-order valence-electron chi connectivity index (χ3n) is 2.96. The molecule has 0 unspecified atom stereocenters. The van der Waals surface area contributed by atoms with E-state index >= 15 is 0 Å². The number of carbonyl (C=O) groups is 2. The summed E-state index contributed by atoms with van der Waals surface area (Å²) in [6, 6.07) is 5.80. The summed E-state index contributed by atoms with van der Waals surface area (Å²) < 4.78 is 10.3. The number of fused-ring (bicyclic) bond motifs is 1. The van der Waals surface area contributed by atoms with Crippen molar-refractivity contribution in [3.63, 3.8) is 0 Å². The molecule has 2 rings (SSSR count). The molecule has 2 aromatic rings. The Balaban J connectivity index is 3.00. The SMILES string of the molecule is COc1c(C(=O)O)cc(OC)c2c(C(=O)O)cccc12. The van der Waals surface area contributed by atoms with Gasteiger partial charge in [-0.1, -0.05) is 12.1 Å². The van der Waals surface area contributed by atoms with Gasteiger partial charge >= 0.3 is 11.9 Å². The Hall–Kier alpha value is -2.76. The van der Waals surface area contributed by atoms with Gasteiger partial charge in [0.05, 0.1) is 19.8 Å². The van der Waals surface area contributed by atoms with Crippen LogP contribution in [0.5, 0.6) is 11.5 Å². The fourth-order valence-electron chi connectivity index (χ4n) is 2.14. The summed E-state index contributed by atoms with van der Waals surface area (Å²) >= 11 is 0. The highest BCUT2D eigenvalue weighted by Crippen LogP contribution is 2.38. The maximum absolute atomic E-state index is 11.3. The zero-order valence-electron chi connectivity index (χ0n) is 10.8. The number of hydrogen-bond donors (Lipinski definition) is 2. The molecule has 0 amide bonds. The second-order valence-electron chi connectivity index (χ2n) is 4.00. The summed E-state index contributed by atoms with van der Waals surface area (Å²) in [5.74, 6) is -2.02. The third-order valence-corrected chi connectivity index (χ3v) is 2.96. The van der Waals surface area contributed by atoms with E-state index < -0.39 is 11.9 Å². The highest BCUT2D eigenvalue weighted by atomic mass is 16.5. The molecular formula is C14H12O6. The van der Waals surface area contributed by atoms with Crippen LogP contribution in [0.2, 0.25) is 0 Å². The lowest BCUT2D eigenvalue weighted by Crippen LogP contribution is -2.05. The molecule has 0 aromatic heterocycles. The number of methoxy groups -OCH3 is 2. The molecule has 0 saturated heterocycles. The van der Waals surface area contributed by atoms with Crippen molar-refractivity contribution in [2.45, 2.75) is 0 Å². The smallest absolute Gasteiger partial charge is 0.339 e. The number of aromatic carboxylic acids is 2. The molecule has 2 N–H and O–H groups in total. The average molecular weight is 276 g/mol. The molecule has 0 heterocycles. The molecule has 0 saturated carbocycles. The first-order valence-electron chi connectivity index (χ1n) is 5.65. The van der Waals surface area contributed by atoms with Gasteiger partial charge in [0.25, 0.3) is 0 Å². The number of carboxylic acid groups (broad SMARTS) is 2. The Bertz CT molecular complexity index is 704. The van der Waals surface area contributed by atoms with E-state index in [9.17, 15) is 19.8 Å². The van der Waals surface area contributed by atoms with Crippen molar-refractivity contribution in [1.29, 1.82) is 0 Å². The second-order valence-corrected chi connectivity index (χ2v) is 4.00. The van der Waals surface area contributed by atoms with E-state index in [1.807, 2.05) is 0 Å². The highest BCUT2D eigenvalue weighted by Gasteiger charge is 2.21. The van der Waals surface area contributed by atoms with Crippen LogP contribution in [0.25, 0.3) is 10.8 Å². The normalized spacial score (nSPS) is 10.3. The number of hydrogen-bond acceptors (Lipinski definition) is 4. The summed E-state index contributed by atoms with van der Waals surface area (Å²) in [7, 11) is 2.69. The molecule has 0 aliphatic rings. The Morgan fingerprint density at radius 1 is 1.00 bits per heavy atom. The molecule has 6 nitrogen and oxygen atoms in total. The monoisotopic (exact) mass is 276 g/mol. The Morgan fingerprint density at radius 2 is 1.65 bits per heavy atom. The summed E-state index contributed by atoms with van der Waals surface area (Å²) in [5, 5.41) is 19.1. The van der Waals surface area contributed by atoms with Crippen molar-refractivity contribution in [2.75, 3.05) is 14.2 Å². The van der Waals surface area contributed by atoms with E-state index in [2.05, 4.69) is 0 Å². The van der Waals surface area contributed by atoms with E-state index in [1.54, 1.807) is 6.07 Å². The van der Waals surface area contributed by atoms with E-state index in [0.717, 1.165) is 0 Å². The van der Waals surface area contributed by atoms with Crippen molar-refractivity contribution >= 4 is 22.7 Å². The van der Waals surface area contributed by atoms with Crippen LogP contribution < -0.4 is 9.47 Å². The van der Waals surface area contributed by atoms with Crippen molar-refractivity contribution < 1.29 is 29.3 Å². The average Bonchev–Trinajstić information content (AvgIpc) is 2.44. The largest absolute Gasteiger partial charge is 0.496 e. The standard InChI is InChI=1S/C14H12O6/c1-19-10-6-9(14(17)18)12(20-2)7-4-3-5-8(11(7)10)13(15)16/h3-6H,1-2H3,(H,15,16)(H,17,18). The fourth-order valence-corrected chi connectivity index (χ4v) is 2.14. The molecule has 0 aliphatic carbocycles. The molecule has 20 heavy (non-hydrogen) atoms. The minimum Gasteiger partial charge on any atom is -0.496 e.